The number of benzene rings is 1. The molecule has 5 heteroatoms. The van der Waals surface area contributed by atoms with Crippen LogP contribution in [0, 0.1) is 0 Å². The van der Waals surface area contributed by atoms with Crippen LogP contribution in [0.5, 0.6) is 0 Å². The number of aliphatic hydroxyl groups is 1. The molecule has 2 aliphatic rings. The van der Waals surface area contributed by atoms with E-state index in [1.807, 2.05) is 11.0 Å². The predicted molar refractivity (Wildman–Crippen MR) is 99.2 cm³/mol. The van der Waals surface area contributed by atoms with Gasteiger partial charge in [0.15, 0.2) is 0 Å². The number of aromatic amines is 1. The smallest absolute Gasteiger partial charge is 0.237 e. The molecule has 132 valence electrons. The van der Waals surface area contributed by atoms with Crippen LogP contribution in [-0.2, 0) is 4.79 Å². The van der Waals surface area contributed by atoms with Gasteiger partial charge in [-0.15, -0.1) is 0 Å². The third-order valence-corrected chi connectivity index (χ3v) is 5.55. The summed E-state index contributed by atoms with van der Waals surface area (Å²) in [4.78, 5) is 20.0. The molecule has 1 fully saturated rings. The number of para-hydroxylation sites is 1. The highest BCUT2D eigenvalue weighted by molar-refractivity contribution is 5.93. The van der Waals surface area contributed by atoms with Gasteiger partial charge in [-0.3, -0.25) is 9.69 Å². The van der Waals surface area contributed by atoms with Gasteiger partial charge in [0.25, 0.3) is 0 Å². The van der Waals surface area contributed by atoms with E-state index < -0.39 is 0 Å². The number of carbonyl (C=O) groups is 1. The van der Waals surface area contributed by atoms with Crippen LogP contribution in [-0.4, -0.2) is 64.6 Å². The second-order valence-corrected chi connectivity index (χ2v) is 7.02. The van der Waals surface area contributed by atoms with Crippen LogP contribution in [0.3, 0.4) is 0 Å². The molecule has 1 amide bonds. The van der Waals surface area contributed by atoms with Crippen molar-refractivity contribution >= 4 is 22.4 Å². The summed E-state index contributed by atoms with van der Waals surface area (Å²) in [6.45, 7) is 2.94. The zero-order valence-electron chi connectivity index (χ0n) is 14.4. The molecule has 25 heavy (non-hydrogen) atoms. The maximum atomic E-state index is 12.6. The lowest BCUT2D eigenvalue weighted by molar-refractivity contribution is -0.132. The Balaban J connectivity index is 1.42. The van der Waals surface area contributed by atoms with Crippen molar-refractivity contribution in [1.82, 2.24) is 14.8 Å². The minimum atomic E-state index is 0.151. The third kappa shape index (κ3) is 3.22. The first kappa shape index (κ1) is 16.4. The van der Waals surface area contributed by atoms with E-state index in [0.717, 1.165) is 37.9 Å². The molecule has 2 N–H and O–H groups in total. The number of likely N-dealkylation sites (tertiary alicyclic amines) is 1. The fourth-order valence-electron chi connectivity index (χ4n) is 4.06. The molecule has 1 atom stereocenters. The van der Waals surface area contributed by atoms with Gasteiger partial charge in [-0.05, 0) is 37.4 Å². The molecule has 0 spiro atoms. The highest BCUT2D eigenvalue weighted by atomic mass is 16.3. The van der Waals surface area contributed by atoms with Gasteiger partial charge in [-0.2, -0.15) is 0 Å². The lowest BCUT2D eigenvalue weighted by Gasteiger charge is -2.30. The van der Waals surface area contributed by atoms with Crippen LogP contribution in [0.15, 0.2) is 36.5 Å². The molecule has 1 aromatic heterocycles. The quantitative estimate of drug-likeness (QED) is 0.898. The first-order valence-electron chi connectivity index (χ1n) is 9.14. The average molecular weight is 339 g/mol. The van der Waals surface area contributed by atoms with Crippen LogP contribution < -0.4 is 0 Å². The molecule has 2 aromatic rings. The maximum Gasteiger partial charge on any atom is 0.237 e. The Hall–Kier alpha value is -2.11. The van der Waals surface area contributed by atoms with Crippen molar-refractivity contribution in [3.63, 3.8) is 0 Å². The lowest BCUT2D eigenvalue weighted by atomic mass is 9.99. The molecule has 1 aromatic carbocycles. The highest BCUT2D eigenvalue weighted by Gasteiger charge is 2.28. The number of fused-ring (bicyclic) bond motifs is 1. The zero-order chi connectivity index (χ0) is 17.2. The Morgan fingerprint density at radius 3 is 2.96 bits per heavy atom. The fraction of sp³-hybridized carbons (Fsp3) is 0.450. The number of nitrogens with one attached hydrogen (secondary N) is 1. The molecule has 1 unspecified atom stereocenters. The van der Waals surface area contributed by atoms with Crippen molar-refractivity contribution in [2.24, 2.45) is 0 Å². The SMILES string of the molecule is O=C(CN1CCCC1CO)N1CC=C(c2c[nH]c3ccccc23)CC1. The van der Waals surface area contributed by atoms with E-state index in [4.69, 9.17) is 0 Å². The second-order valence-electron chi connectivity index (χ2n) is 7.02. The van der Waals surface area contributed by atoms with Gasteiger partial charge in [0.1, 0.15) is 0 Å². The number of carbonyl (C=O) groups excluding carboxylic acids is 1. The summed E-state index contributed by atoms with van der Waals surface area (Å²) < 4.78 is 0. The van der Waals surface area contributed by atoms with Crippen molar-refractivity contribution in [1.29, 1.82) is 0 Å². The summed E-state index contributed by atoms with van der Waals surface area (Å²) in [5.41, 5.74) is 3.72. The second kappa shape index (κ2) is 7.02. The molecule has 4 rings (SSSR count). The predicted octanol–water partition coefficient (Wildman–Crippen LogP) is 2.24. The number of aromatic nitrogens is 1. The van der Waals surface area contributed by atoms with Gasteiger partial charge in [0.2, 0.25) is 5.91 Å². The van der Waals surface area contributed by atoms with Gasteiger partial charge in [0.05, 0.1) is 13.2 Å². The largest absolute Gasteiger partial charge is 0.395 e. The van der Waals surface area contributed by atoms with Gasteiger partial charge in [0, 0.05) is 41.8 Å². The van der Waals surface area contributed by atoms with Crippen molar-refractivity contribution < 1.29 is 9.90 Å². The van der Waals surface area contributed by atoms with E-state index >= 15 is 0 Å². The van der Waals surface area contributed by atoms with Gasteiger partial charge in [-0.1, -0.05) is 24.3 Å². The zero-order valence-corrected chi connectivity index (χ0v) is 14.4. The van der Waals surface area contributed by atoms with E-state index in [0.29, 0.717) is 13.1 Å². The maximum absolute atomic E-state index is 12.6. The standard InChI is InChI=1S/C20H25N3O2/c24-14-16-4-3-9-23(16)13-20(25)22-10-7-15(8-11-22)18-12-21-19-6-2-1-5-17(18)19/h1-2,5-7,12,16,21,24H,3-4,8-11,13-14H2. The monoisotopic (exact) mass is 339 g/mol. The van der Waals surface area contributed by atoms with Crippen LogP contribution in [0.4, 0.5) is 0 Å². The molecule has 1 saturated heterocycles. The molecule has 0 aliphatic carbocycles. The van der Waals surface area contributed by atoms with Crippen molar-refractivity contribution in [3.05, 3.63) is 42.1 Å². The van der Waals surface area contributed by atoms with Gasteiger partial charge < -0.3 is 15.0 Å². The van der Waals surface area contributed by atoms with Crippen LogP contribution in [0.1, 0.15) is 24.8 Å². The Kier molecular flexibility index (Phi) is 4.59. The van der Waals surface area contributed by atoms with E-state index in [1.165, 1.54) is 16.5 Å². The Labute approximate surface area is 147 Å². The average Bonchev–Trinajstić information content (AvgIpc) is 3.28. The number of nitrogens with zero attached hydrogens (tertiary/aromatic N) is 2. The first-order valence-corrected chi connectivity index (χ1v) is 9.14. The third-order valence-electron chi connectivity index (χ3n) is 5.55. The van der Waals surface area contributed by atoms with Crippen LogP contribution >= 0.6 is 0 Å². The minimum Gasteiger partial charge on any atom is -0.395 e. The van der Waals surface area contributed by atoms with Crippen LogP contribution in [0.25, 0.3) is 16.5 Å². The van der Waals surface area contributed by atoms with E-state index in [2.05, 4.69) is 40.4 Å². The summed E-state index contributed by atoms with van der Waals surface area (Å²) >= 11 is 0. The molecular formula is C20H25N3O2. The molecule has 5 nitrogen and oxygen atoms in total. The first-order chi connectivity index (χ1) is 12.3. The van der Waals surface area contributed by atoms with Crippen molar-refractivity contribution in [3.8, 4) is 0 Å². The summed E-state index contributed by atoms with van der Waals surface area (Å²) in [5, 5.41) is 10.7. The van der Waals surface area contributed by atoms with E-state index in [-0.39, 0.29) is 18.6 Å². The highest BCUT2D eigenvalue weighted by Crippen LogP contribution is 2.29. The number of hydrogen-bond acceptors (Lipinski definition) is 3. The molecule has 0 saturated carbocycles. The molecule has 2 aliphatic heterocycles. The number of amides is 1. The Bertz CT molecular complexity index is 795. The number of hydrogen-bond donors (Lipinski definition) is 2. The van der Waals surface area contributed by atoms with Crippen LogP contribution in [0.2, 0.25) is 0 Å². The van der Waals surface area contributed by atoms with E-state index in [1.54, 1.807) is 0 Å². The Morgan fingerprint density at radius 2 is 2.16 bits per heavy atom. The Morgan fingerprint density at radius 1 is 1.28 bits per heavy atom. The van der Waals surface area contributed by atoms with Gasteiger partial charge >= 0.3 is 0 Å². The summed E-state index contributed by atoms with van der Waals surface area (Å²) in [6.07, 6.45) is 7.21. The number of aliphatic hydroxyl groups excluding tert-OH is 1. The topological polar surface area (TPSA) is 59.6 Å². The van der Waals surface area contributed by atoms with Crippen molar-refractivity contribution in [2.75, 3.05) is 32.8 Å². The molecule has 3 heterocycles. The van der Waals surface area contributed by atoms with E-state index in [9.17, 15) is 9.90 Å². The van der Waals surface area contributed by atoms with Gasteiger partial charge in [-0.25, -0.2) is 0 Å². The normalized spacial score (nSPS) is 21.7. The summed E-state index contributed by atoms with van der Waals surface area (Å²) in [5.74, 6) is 0.176. The molecule has 0 radical (unpaired) electrons. The number of H-pyrrole nitrogens is 1. The lowest BCUT2D eigenvalue weighted by Crippen LogP contribution is -2.44. The minimum absolute atomic E-state index is 0.151. The fourth-order valence-corrected chi connectivity index (χ4v) is 4.06. The summed E-state index contributed by atoms with van der Waals surface area (Å²) in [6, 6.07) is 8.49. The molecule has 0 bridgehead atoms. The molecular weight excluding hydrogens is 314 g/mol. The number of rotatable bonds is 4. The van der Waals surface area contributed by atoms with Crippen molar-refractivity contribution in [2.45, 2.75) is 25.3 Å². The summed E-state index contributed by atoms with van der Waals surface area (Å²) in [7, 11) is 0.